The molecular weight excluding hydrogens is 208 g/mol. The number of aromatic nitrogens is 1. The molecule has 0 unspecified atom stereocenters. The van der Waals surface area contributed by atoms with Gasteiger partial charge in [-0.2, -0.15) is 0 Å². The van der Waals surface area contributed by atoms with Crippen molar-refractivity contribution in [3.63, 3.8) is 0 Å². The van der Waals surface area contributed by atoms with Crippen LogP contribution >= 0.6 is 0 Å². The standard InChI is InChI=1S/C15H20N2/c1-5-11-8-7-9-12-14(16-4)10(3)13(6-2)17-15(11)12/h7-9H,5-6H2,1-4H3,(H,16,17). The van der Waals surface area contributed by atoms with Crippen molar-refractivity contribution < 1.29 is 0 Å². The Bertz CT molecular complexity index is 544. The van der Waals surface area contributed by atoms with E-state index < -0.39 is 0 Å². The molecule has 0 aliphatic rings. The van der Waals surface area contributed by atoms with E-state index in [0.717, 1.165) is 18.4 Å². The Balaban J connectivity index is 2.87. The highest BCUT2D eigenvalue weighted by atomic mass is 14.8. The fourth-order valence-corrected chi connectivity index (χ4v) is 2.44. The van der Waals surface area contributed by atoms with E-state index in [9.17, 15) is 0 Å². The molecule has 2 nitrogen and oxygen atoms in total. The summed E-state index contributed by atoms with van der Waals surface area (Å²) in [6, 6.07) is 6.44. The molecule has 1 heterocycles. The van der Waals surface area contributed by atoms with Crippen molar-refractivity contribution in [2.75, 3.05) is 12.4 Å². The molecule has 0 amide bonds. The maximum atomic E-state index is 4.83. The normalized spacial score (nSPS) is 10.8. The minimum absolute atomic E-state index is 0.981. The third-order valence-corrected chi connectivity index (χ3v) is 3.41. The van der Waals surface area contributed by atoms with Crippen LogP contribution in [0.2, 0.25) is 0 Å². The van der Waals surface area contributed by atoms with Gasteiger partial charge in [0.25, 0.3) is 0 Å². The zero-order valence-electron chi connectivity index (χ0n) is 11.1. The van der Waals surface area contributed by atoms with E-state index in [2.05, 4.69) is 44.3 Å². The average Bonchev–Trinajstić information content (AvgIpc) is 2.37. The van der Waals surface area contributed by atoms with Crippen LogP contribution in [0.4, 0.5) is 5.69 Å². The van der Waals surface area contributed by atoms with E-state index in [1.165, 1.54) is 27.9 Å². The van der Waals surface area contributed by atoms with Crippen LogP contribution in [0.15, 0.2) is 18.2 Å². The molecule has 2 aromatic rings. The number of anilines is 1. The first-order valence-corrected chi connectivity index (χ1v) is 6.31. The lowest BCUT2D eigenvalue weighted by atomic mass is 10.0. The number of para-hydroxylation sites is 1. The SMILES string of the molecule is CCc1nc2c(CC)cccc2c(NC)c1C. The van der Waals surface area contributed by atoms with Gasteiger partial charge in [-0.1, -0.05) is 32.0 Å². The van der Waals surface area contributed by atoms with Crippen LogP contribution in [0.25, 0.3) is 10.9 Å². The first kappa shape index (κ1) is 11.9. The average molecular weight is 228 g/mol. The van der Waals surface area contributed by atoms with Crippen LogP contribution in [-0.4, -0.2) is 12.0 Å². The monoisotopic (exact) mass is 228 g/mol. The molecule has 1 aromatic heterocycles. The Hall–Kier alpha value is -1.57. The van der Waals surface area contributed by atoms with E-state index in [-0.39, 0.29) is 0 Å². The molecule has 2 heteroatoms. The minimum Gasteiger partial charge on any atom is -0.387 e. The number of hydrogen-bond donors (Lipinski definition) is 1. The fraction of sp³-hybridized carbons (Fsp3) is 0.400. The van der Waals surface area contributed by atoms with Crippen molar-refractivity contribution in [2.24, 2.45) is 0 Å². The van der Waals surface area contributed by atoms with Gasteiger partial charge in [0, 0.05) is 23.8 Å². The Morgan fingerprint density at radius 3 is 2.53 bits per heavy atom. The predicted octanol–water partition coefficient (Wildman–Crippen LogP) is 3.71. The molecule has 0 saturated heterocycles. The highest BCUT2D eigenvalue weighted by molar-refractivity contribution is 5.95. The number of rotatable bonds is 3. The number of aryl methyl sites for hydroxylation is 2. The van der Waals surface area contributed by atoms with Crippen LogP contribution in [-0.2, 0) is 12.8 Å². The molecule has 1 N–H and O–H groups in total. The summed E-state index contributed by atoms with van der Waals surface area (Å²) >= 11 is 0. The molecule has 0 saturated carbocycles. The van der Waals surface area contributed by atoms with Crippen molar-refractivity contribution in [2.45, 2.75) is 33.6 Å². The Kier molecular flexibility index (Phi) is 3.32. The topological polar surface area (TPSA) is 24.9 Å². The summed E-state index contributed by atoms with van der Waals surface area (Å²) in [6.07, 6.45) is 2.01. The third kappa shape index (κ3) is 1.88. The van der Waals surface area contributed by atoms with E-state index in [4.69, 9.17) is 4.98 Å². The summed E-state index contributed by atoms with van der Waals surface area (Å²) in [6.45, 7) is 6.49. The number of pyridine rings is 1. The van der Waals surface area contributed by atoms with Gasteiger partial charge in [-0.3, -0.25) is 4.98 Å². The van der Waals surface area contributed by atoms with Crippen LogP contribution in [0.1, 0.15) is 30.7 Å². The number of nitrogens with zero attached hydrogens (tertiary/aromatic N) is 1. The van der Waals surface area contributed by atoms with Crippen molar-refractivity contribution in [3.05, 3.63) is 35.0 Å². The molecule has 0 spiro atoms. The van der Waals surface area contributed by atoms with Gasteiger partial charge in [-0.05, 0) is 30.9 Å². The summed E-state index contributed by atoms with van der Waals surface area (Å²) in [7, 11) is 1.99. The highest BCUT2D eigenvalue weighted by Gasteiger charge is 2.11. The molecule has 0 fully saturated rings. The van der Waals surface area contributed by atoms with Crippen molar-refractivity contribution in [1.29, 1.82) is 0 Å². The summed E-state index contributed by atoms with van der Waals surface area (Å²) in [5, 5.41) is 4.56. The highest BCUT2D eigenvalue weighted by Crippen LogP contribution is 2.29. The van der Waals surface area contributed by atoms with Crippen LogP contribution in [0.3, 0.4) is 0 Å². The largest absolute Gasteiger partial charge is 0.387 e. The summed E-state index contributed by atoms with van der Waals surface area (Å²) in [5.41, 5.74) is 6.18. The van der Waals surface area contributed by atoms with Gasteiger partial charge < -0.3 is 5.32 Å². The van der Waals surface area contributed by atoms with Gasteiger partial charge in [-0.15, -0.1) is 0 Å². The van der Waals surface area contributed by atoms with Gasteiger partial charge in [0.2, 0.25) is 0 Å². The summed E-state index contributed by atoms with van der Waals surface area (Å²) in [4.78, 5) is 4.83. The predicted molar refractivity (Wildman–Crippen MR) is 74.8 cm³/mol. The van der Waals surface area contributed by atoms with Gasteiger partial charge >= 0.3 is 0 Å². The number of fused-ring (bicyclic) bond motifs is 1. The van der Waals surface area contributed by atoms with Crippen LogP contribution < -0.4 is 5.32 Å². The Morgan fingerprint density at radius 1 is 1.18 bits per heavy atom. The second-order valence-corrected chi connectivity index (χ2v) is 4.33. The summed E-state index contributed by atoms with van der Waals surface area (Å²) < 4.78 is 0. The van der Waals surface area contributed by atoms with E-state index in [0.29, 0.717) is 0 Å². The first-order chi connectivity index (χ1) is 8.22. The number of benzene rings is 1. The second kappa shape index (κ2) is 4.74. The molecule has 0 aliphatic heterocycles. The maximum absolute atomic E-state index is 4.83. The van der Waals surface area contributed by atoms with Gasteiger partial charge in [-0.25, -0.2) is 0 Å². The smallest absolute Gasteiger partial charge is 0.0758 e. The Morgan fingerprint density at radius 2 is 1.94 bits per heavy atom. The molecule has 0 atom stereocenters. The maximum Gasteiger partial charge on any atom is 0.0758 e. The molecule has 2 rings (SSSR count). The fourth-order valence-electron chi connectivity index (χ4n) is 2.44. The van der Waals surface area contributed by atoms with Crippen molar-refractivity contribution in [1.82, 2.24) is 4.98 Å². The molecule has 0 aliphatic carbocycles. The van der Waals surface area contributed by atoms with E-state index in [1.54, 1.807) is 0 Å². The molecular formula is C15H20N2. The van der Waals surface area contributed by atoms with Gasteiger partial charge in [0.1, 0.15) is 0 Å². The molecule has 90 valence electrons. The molecule has 17 heavy (non-hydrogen) atoms. The molecule has 0 radical (unpaired) electrons. The van der Waals surface area contributed by atoms with Crippen molar-refractivity contribution in [3.8, 4) is 0 Å². The van der Waals surface area contributed by atoms with Crippen molar-refractivity contribution >= 4 is 16.6 Å². The Labute approximate surface area is 103 Å². The van der Waals surface area contributed by atoms with E-state index in [1.807, 2.05) is 7.05 Å². The number of hydrogen-bond acceptors (Lipinski definition) is 2. The minimum atomic E-state index is 0.981. The molecule has 0 bridgehead atoms. The molecule has 1 aromatic carbocycles. The zero-order chi connectivity index (χ0) is 12.4. The summed E-state index contributed by atoms with van der Waals surface area (Å²) in [5.74, 6) is 0. The zero-order valence-corrected chi connectivity index (χ0v) is 11.1. The lowest BCUT2D eigenvalue weighted by Crippen LogP contribution is -2.02. The van der Waals surface area contributed by atoms with Gasteiger partial charge in [0.15, 0.2) is 0 Å². The van der Waals surface area contributed by atoms with Crippen LogP contribution in [0.5, 0.6) is 0 Å². The van der Waals surface area contributed by atoms with Gasteiger partial charge in [0.05, 0.1) is 5.52 Å². The third-order valence-electron chi connectivity index (χ3n) is 3.41. The number of nitrogens with one attached hydrogen (secondary N) is 1. The quantitative estimate of drug-likeness (QED) is 0.866. The van der Waals surface area contributed by atoms with Crippen LogP contribution in [0, 0.1) is 6.92 Å². The lowest BCUT2D eigenvalue weighted by molar-refractivity contribution is 1.02. The second-order valence-electron chi connectivity index (χ2n) is 4.33. The lowest BCUT2D eigenvalue weighted by Gasteiger charge is -2.14. The first-order valence-electron chi connectivity index (χ1n) is 6.31. The van der Waals surface area contributed by atoms with E-state index >= 15 is 0 Å².